The number of piperazine rings is 1. The molecule has 1 aromatic carbocycles. The minimum absolute atomic E-state index is 0.0224. The van der Waals surface area contributed by atoms with Crippen molar-refractivity contribution in [2.24, 2.45) is 0 Å². The molecule has 0 unspecified atom stereocenters. The Morgan fingerprint density at radius 2 is 1.70 bits per heavy atom. The predicted molar refractivity (Wildman–Crippen MR) is 90.2 cm³/mol. The van der Waals surface area contributed by atoms with E-state index in [1.165, 1.54) is 17.2 Å². The van der Waals surface area contributed by atoms with Crippen LogP contribution in [0.25, 0.3) is 0 Å². The smallest absolute Gasteiger partial charge is 0.257 e. The van der Waals surface area contributed by atoms with Crippen LogP contribution in [0, 0.1) is 17.5 Å². The molecule has 1 aliphatic rings. The lowest BCUT2D eigenvalue weighted by Gasteiger charge is -2.34. The van der Waals surface area contributed by atoms with E-state index in [0.717, 1.165) is 4.31 Å². The number of rotatable bonds is 3. The van der Waals surface area contributed by atoms with E-state index in [1.54, 1.807) is 6.07 Å². The van der Waals surface area contributed by atoms with Gasteiger partial charge in [0.05, 0.1) is 5.56 Å². The van der Waals surface area contributed by atoms with Crippen LogP contribution >= 0.6 is 11.6 Å². The summed E-state index contributed by atoms with van der Waals surface area (Å²) in [4.78, 5) is 16.7. The number of benzene rings is 1. The van der Waals surface area contributed by atoms with Crippen molar-refractivity contribution in [3.8, 4) is 0 Å². The summed E-state index contributed by atoms with van der Waals surface area (Å²) in [5.41, 5.74) is 0.183. The van der Waals surface area contributed by atoms with Crippen LogP contribution < -0.4 is 0 Å². The standard InChI is InChI=1S/C16H13ClF3N3O3S/c17-15-10(2-1-5-21-15)16(24)22-6-8-23(9-7-22)27(25,26)12-4-3-11(18)13(19)14(12)20/h1-5H,6-9H2. The number of pyridine rings is 1. The molecule has 0 aliphatic carbocycles. The summed E-state index contributed by atoms with van der Waals surface area (Å²) in [6.07, 6.45) is 1.43. The second-order valence-electron chi connectivity index (χ2n) is 5.71. The van der Waals surface area contributed by atoms with Gasteiger partial charge >= 0.3 is 0 Å². The van der Waals surface area contributed by atoms with Crippen LogP contribution in [-0.2, 0) is 10.0 Å². The highest BCUT2D eigenvalue weighted by Gasteiger charge is 2.34. The van der Waals surface area contributed by atoms with Crippen LogP contribution in [0.2, 0.25) is 5.15 Å². The summed E-state index contributed by atoms with van der Waals surface area (Å²) < 4.78 is 66.3. The molecule has 6 nitrogen and oxygen atoms in total. The highest BCUT2D eigenvalue weighted by molar-refractivity contribution is 7.89. The fourth-order valence-electron chi connectivity index (χ4n) is 2.69. The minimum atomic E-state index is -4.38. The third-order valence-corrected chi connectivity index (χ3v) is 6.35. The molecule has 27 heavy (non-hydrogen) atoms. The molecule has 0 atom stereocenters. The molecule has 3 rings (SSSR count). The molecule has 1 amide bonds. The van der Waals surface area contributed by atoms with E-state index in [1.807, 2.05) is 0 Å². The number of aromatic nitrogens is 1. The molecule has 0 radical (unpaired) electrons. The summed E-state index contributed by atoms with van der Waals surface area (Å²) in [7, 11) is -4.38. The van der Waals surface area contributed by atoms with Gasteiger partial charge in [0.25, 0.3) is 5.91 Å². The average molecular weight is 420 g/mol. The molecule has 2 aromatic rings. The second-order valence-corrected chi connectivity index (χ2v) is 7.98. The number of hydrogen-bond acceptors (Lipinski definition) is 4. The molecular formula is C16H13ClF3N3O3S. The second kappa shape index (κ2) is 7.45. The maximum absolute atomic E-state index is 13.9. The van der Waals surface area contributed by atoms with Gasteiger partial charge in [0, 0.05) is 32.4 Å². The van der Waals surface area contributed by atoms with Crippen LogP contribution in [0.1, 0.15) is 10.4 Å². The summed E-state index contributed by atoms with van der Waals surface area (Å²) >= 11 is 5.89. The van der Waals surface area contributed by atoms with Crippen LogP contribution in [0.3, 0.4) is 0 Å². The largest absolute Gasteiger partial charge is 0.336 e. The molecule has 1 aliphatic heterocycles. The molecule has 0 spiro atoms. The van der Waals surface area contributed by atoms with E-state index in [-0.39, 0.29) is 36.9 Å². The van der Waals surface area contributed by atoms with E-state index in [9.17, 15) is 26.4 Å². The Labute approximate surface area is 158 Å². The van der Waals surface area contributed by atoms with Crippen molar-refractivity contribution in [1.29, 1.82) is 0 Å². The average Bonchev–Trinajstić information content (AvgIpc) is 2.66. The Morgan fingerprint density at radius 3 is 2.33 bits per heavy atom. The molecule has 11 heteroatoms. The van der Waals surface area contributed by atoms with Crippen molar-refractivity contribution in [2.45, 2.75) is 4.90 Å². The van der Waals surface area contributed by atoms with Crippen molar-refractivity contribution < 1.29 is 26.4 Å². The molecule has 2 heterocycles. The highest BCUT2D eigenvalue weighted by Crippen LogP contribution is 2.24. The Kier molecular flexibility index (Phi) is 5.41. The zero-order chi connectivity index (χ0) is 19.8. The zero-order valence-electron chi connectivity index (χ0n) is 13.7. The lowest BCUT2D eigenvalue weighted by Crippen LogP contribution is -2.50. The van der Waals surface area contributed by atoms with Crippen LogP contribution in [-0.4, -0.2) is 54.7 Å². The minimum Gasteiger partial charge on any atom is -0.336 e. The topological polar surface area (TPSA) is 70.6 Å². The molecule has 0 saturated carbocycles. The molecule has 0 bridgehead atoms. The number of halogens is 4. The zero-order valence-corrected chi connectivity index (χ0v) is 15.3. The van der Waals surface area contributed by atoms with E-state index in [0.29, 0.717) is 12.1 Å². The van der Waals surface area contributed by atoms with E-state index in [2.05, 4.69) is 4.98 Å². The number of carbonyl (C=O) groups excluding carboxylic acids is 1. The Bertz CT molecular complexity index is 996. The fraction of sp³-hybridized carbons (Fsp3) is 0.250. The van der Waals surface area contributed by atoms with E-state index >= 15 is 0 Å². The molecular weight excluding hydrogens is 407 g/mol. The van der Waals surface area contributed by atoms with Crippen molar-refractivity contribution in [3.05, 3.63) is 58.6 Å². The lowest BCUT2D eigenvalue weighted by molar-refractivity contribution is 0.0697. The number of amides is 1. The summed E-state index contributed by atoms with van der Waals surface area (Å²) in [6, 6.07) is 4.27. The number of hydrogen-bond donors (Lipinski definition) is 0. The summed E-state index contributed by atoms with van der Waals surface area (Å²) in [6.45, 7) is -0.224. The molecule has 1 saturated heterocycles. The van der Waals surface area contributed by atoms with Crippen molar-refractivity contribution >= 4 is 27.5 Å². The van der Waals surface area contributed by atoms with Gasteiger partial charge < -0.3 is 4.90 Å². The molecule has 0 N–H and O–H groups in total. The van der Waals surface area contributed by atoms with Gasteiger partial charge in [-0.1, -0.05) is 11.6 Å². The first-order valence-corrected chi connectivity index (χ1v) is 9.58. The maximum atomic E-state index is 13.9. The van der Waals surface area contributed by atoms with Crippen LogP contribution in [0.5, 0.6) is 0 Å². The van der Waals surface area contributed by atoms with Gasteiger partial charge in [-0.2, -0.15) is 4.31 Å². The van der Waals surface area contributed by atoms with Gasteiger partial charge in [0.1, 0.15) is 10.0 Å². The SMILES string of the molecule is O=C(c1cccnc1Cl)N1CCN(S(=O)(=O)c2ccc(F)c(F)c2F)CC1. The quantitative estimate of drug-likeness (QED) is 0.565. The van der Waals surface area contributed by atoms with Crippen LogP contribution in [0.4, 0.5) is 13.2 Å². The van der Waals surface area contributed by atoms with Crippen molar-refractivity contribution in [1.82, 2.24) is 14.2 Å². The first-order valence-electron chi connectivity index (χ1n) is 7.77. The van der Waals surface area contributed by atoms with Gasteiger partial charge in [-0.25, -0.2) is 26.6 Å². The number of carbonyl (C=O) groups is 1. The summed E-state index contributed by atoms with van der Waals surface area (Å²) in [5.74, 6) is -5.51. The molecule has 1 fully saturated rings. The third-order valence-electron chi connectivity index (χ3n) is 4.13. The summed E-state index contributed by atoms with van der Waals surface area (Å²) in [5, 5.41) is 0.0291. The fourth-order valence-corrected chi connectivity index (χ4v) is 4.37. The highest BCUT2D eigenvalue weighted by atomic mass is 35.5. The van der Waals surface area contributed by atoms with E-state index in [4.69, 9.17) is 11.6 Å². The van der Waals surface area contributed by atoms with Gasteiger partial charge in [-0.15, -0.1) is 0 Å². The first-order chi connectivity index (χ1) is 12.7. The Morgan fingerprint density at radius 1 is 1.04 bits per heavy atom. The van der Waals surface area contributed by atoms with E-state index < -0.39 is 38.3 Å². The number of sulfonamides is 1. The van der Waals surface area contributed by atoms with Crippen molar-refractivity contribution in [2.75, 3.05) is 26.2 Å². The lowest BCUT2D eigenvalue weighted by atomic mass is 10.2. The molecule has 1 aromatic heterocycles. The van der Waals surface area contributed by atoms with Gasteiger partial charge in [-0.05, 0) is 24.3 Å². The number of nitrogens with zero attached hydrogens (tertiary/aromatic N) is 3. The van der Waals surface area contributed by atoms with Crippen LogP contribution in [0.15, 0.2) is 35.4 Å². The predicted octanol–water partition coefficient (Wildman–Crippen LogP) is 2.30. The maximum Gasteiger partial charge on any atom is 0.257 e. The third kappa shape index (κ3) is 3.64. The Hall–Kier alpha value is -2.17. The normalized spacial score (nSPS) is 15.8. The van der Waals surface area contributed by atoms with Gasteiger partial charge in [-0.3, -0.25) is 4.79 Å². The monoisotopic (exact) mass is 419 g/mol. The molecule has 144 valence electrons. The van der Waals surface area contributed by atoms with Crippen molar-refractivity contribution in [3.63, 3.8) is 0 Å². The van der Waals surface area contributed by atoms with Gasteiger partial charge in [0.2, 0.25) is 10.0 Å². The van der Waals surface area contributed by atoms with Gasteiger partial charge in [0.15, 0.2) is 17.5 Å². The first kappa shape index (κ1) is 19.6. The Balaban J connectivity index is 1.76.